The van der Waals surface area contributed by atoms with E-state index in [1.165, 1.54) is 11.1 Å². The van der Waals surface area contributed by atoms with E-state index in [1.54, 1.807) is 0 Å². The van der Waals surface area contributed by atoms with Crippen molar-refractivity contribution >= 4 is 0 Å². The number of nitrogens with zero attached hydrogens (tertiary/aromatic N) is 1. The number of hydrogen-bond donors (Lipinski definition) is 0. The molecule has 0 aliphatic carbocycles. The van der Waals surface area contributed by atoms with Crippen LogP contribution in [0.2, 0.25) is 0 Å². The first kappa shape index (κ1) is 16.4. The predicted octanol–water partition coefficient (Wildman–Crippen LogP) is 3.90. The molecular formula is C19H25NO2. The van der Waals surface area contributed by atoms with E-state index in [0.717, 1.165) is 24.6 Å². The minimum absolute atomic E-state index is 0.677. The summed E-state index contributed by atoms with van der Waals surface area (Å²) in [6, 6.07) is 16.4. The normalized spacial score (nSPS) is 10.7. The fourth-order valence-corrected chi connectivity index (χ4v) is 2.25. The Morgan fingerprint density at radius 1 is 0.955 bits per heavy atom. The second-order valence-corrected chi connectivity index (χ2v) is 5.44. The maximum Gasteiger partial charge on any atom is 0.123 e. The standard InChI is InChI=1S/C19H25NO2/c1-4-21-19-8-6-5-7-17(19)15-20(3)13-14-22-18-11-9-16(2)10-12-18/h5-12H,4,13-15H2,1-3H3. The molecule has 0 amide bonds. The van der Waals surface area contributed by atoms with Crippen LogP contribution in [0.1, 0.15) is 18.1 Å². The van der Waals surface area contributed by atoms with Gasteiger partial charge in [0, 0.05) is 18.7 Å². The molecule has 2 aromatic rings. The van der Waals surface area contributed by atoms with Gasteiger partial charge in [0.2, 0.25) is 0 Å². The van der Waals surface area contributed by atoms with Crippen LogP contribution in [-0.2, 0) is 6.54 Å². The minimum atomic E-state index is 0.677. The molecule has 2 aromatic carbocycles. The van der Waals surface area contributed by atoms with Crippen LogP contribution in [0, 0.1) is 6.92 Å². The molecule has 0 N–H and O–H groups in total. The molecule has 0 fully saturated rings. The lowest BCUT2D eigenvalue weighted by atomic mass is 10.2. The van der Waals surface area contributed by atoms with Crippen molar-refractivity contribution in [2.24, 2.45) is 0 Å². The molecule has 22 heavy (non-hydrogen) atoms. The number of benzene rings is 2. The fraction of sp³-hybridized carbons (Fsp3) is 0.368. The van der Waals surface area contributed by atoms with Gasteiger partial charge < -0.3 is 9.47 Å². The van der Waals surface area contributed by atoms with E-state index >= 15 is 0 Å². The summed E-state index contributed by atoms with van der Waals surface area (Å²) in [6.07, 6.45) is 0. The highest BCUT2D eigenvalue weighted by Crippen LogP contribution is 2.19. The van der Waals surface area contributed by atoms with E-state index < -0.39 is 0 Å². The molecule has 3 nitrogen and oxygen atoms in total. The number of hydrogen-bond acceptors (Lipinski definition) is 3. The molecular weight excluding hydrogens is 274 g/mol. The molecule has 0 bridgehead atoms. The van der Waals surface area contributed by atoms with Crippen LogP contribution in [0.3, 0.4) is 0 Å². The van der Waals surface area contributed by atoms with Crippen molar-refractivity contribution in [1.82, 2.24) is 4.90 Å². The second-order valence-electron chi connectivity index (χ2n) is 5.44. The largest absolute Gasteiger partial charge is 0.494 e. The molecule has 0 saturated heterocycles. The quantitative estimate of drug-likeness (QED) is 0.738. The molecule has 0 spiro atoms. The fourth-order valence-electron chi connectivity index (χ4n) is 2.25. The number of para-hydroxylation sites is 1. The van der Waals surface area contributed by atoms with Gasteiger partial charge >= 0.3 is 0 Å². The van der Waals surface area contributed by atoms with Gasteiger partial charge in [-0.05, 0) is 39.1 Å². The van der Waals surface area contributed by atoms with Crippen LogP contribution < -0.4 is 9.47 Å². The molecule has 118 valence electrons. The topological polar surface area (TPSA) is 21.7 Å². The Hall–Kier alpha value is -2.00. The molecule has 3 heteroatoms. The summed E-state index contributed by atoms with van der Waals surface area (Å²) in [5.41, 5.74) is 2.46. The lowest BCUT2D eigenvalue weighted by Crippen LogP contribution is -2.24. The number of rotatable bonds is 8. The van der Waals surface area contributed by atoms with Gasteiger partial charge in [-0.15, -0.1) is 0 Å². The van der Waals surface area contributed by atoms with Gasteiger partial charge in [0.1, 0.15) is 18.1 Å². The summed E-state index contributed by atoms with van der Waals surface area (Å²) < 4.78 is 11.4. The average molecular weight is 299 g/mol. The zero-order valence-electron chi connectivity index (χ0n) is 13.7. The molecule has 0 atom stereocenters. The monoisotopic (exact) mass is 299 g/mol. The van der Waals surface area contributed by atoms with Gasteiger partial charge in [-0.2, -0.15) is 0 Å². The van der Waals surface area contributed by atoms with E-state index in [2.05, 4.69) is 43.1 Å². The van der Waals surface area contributed by atoms with Gasteiger partial charge in [-0.1, -0.05) is 35.9 Å². The van der Waals surface area contributed by atoms with Crippen molar-refractivity contribution in [3.8, 4) is 11.5 Å². The highest BCUT2D eigenvalue weighted by Gasteiger charge is 2.06. The minimum Gasteiger partial charge on any atom is -0.494 e. The summed E-state index contributed by atoms with van der Waals surface area (Å²) in [6.45, 7) is 7.18. The predicted molar refractivity (Wildman–Crippen MR) is 90.6 cm³/mol. The molecule has 0 heterocycles. The van der Waals surface area contributed by atoms with Crippen molar-refractivity contribution in [1.29, 1.82) is 0 Å². The first-order chi connectivity index (χ1) is 10.7. The Kier molecular flexibility index (Phi) is 6.28. The molecule has 2 rings (SSSR count). The number of aryl methyl sites for hydroxylation is 1. The molecule has 0 aliphatic rings. The van der Waals surface area contributed by atoms with E-state index in [-0.39, 0.29) is 0 Å². The van der Waals surface area contributed by atoms with Crippen LogP contribution in [0.5, 0.6) is 11.5 Å². The molecule has 0 radical (unpaired) electrons. The van der Waals surface area contributed by atoms with Gasteiger partial charge in [0.15, 0.2) is 0 Å². The second kappa shape index (κ2) is 8.44. The Balaban J connectivity index is 1.80. The SMILES string of the molecule is CCOc1ccccc1CN(C)CCOc1ccc(C)cc1. The lowest BCUT2D eigenvalue weighted by molar-refractivity contribution is 0.230. The van der Waals surface area contributed by atoms with E-state index in [9.17, 15) is 0 Å². The molecule has 0 aliphatic heterocycles. The molecule has 0 saturated carbocycles. The van der Waals surface area contributed by atoms with Crippen molar-refractivity contribution in [3.63, 3.8) is 0 Å². The zero-order valence-corrected chi connectivity index (χ0v) is 13.7. The Morgan fingerprint density at radius 3 is 2.41 bits per heavy atom. The van der Waals surface area contributed by atoms with Crippen LogP contribution in [0.4, 0.5) is 0 Å². The van der Waals surface area contributed by atoms with E-state index in [1.807, 2.05) is 31.2 Å². The maximum absolute atomic E-state index is 5.77. The highest BCUT2D eigenvalue weighted by atomic mass is 16.5. The highest BCUT2D eigenvalue weighted by molar-refractivity contribution is 5.33. The lowest BCUT2D eigenvalue weighted by Gasteiger charge is -2.19. The van der Waals surface area contributed by atoms with Crippen LogP contribution >= 0.6 is 0 Å². The van der Waals surface area contributed by atoms with Gasteiger partial charge in [-0.3, -0.25) is 4.90 Å². The van der Waals surface area contributed by atoms with Crippen LogP contribution in [0.25, 0.3) is 0 Å². The van der Waals surface area contributed by atoms with Crippen molar-refractivity contribution in [2.75, 3.05) is 26.8 Å². The Morgan fingerprint density at radius 2 is 1.68 bits per heavy atom. The van der Waals surface area contributed by atoms with Gasteiger partial charge in [0.05, 0.1) is 6.61 Å². The van der Waals surface area contributed by atoms with Crippen LogP contribution in [-0.4, -0.2) is 31.7 Å². The third-order valence-electron chi connectivity index (χ3n) is 3.48. The summed E-state index contributed by atoms with van der Waals surface area (Å²) in [5.74, 6) is 1.89. The first-order valence-electron chi connectivity index (χ1n) is 7.77. The summed E-state index contributed by atoms with van der Waals surface area (Å²) in [7, 11) is 2.10. The van der Waals surface area contributed by atoms with Gasteiger partial charge in [0.25, 0.3) is 0 Å². The summed E-state index contributed by atoms with van der Waals surface area (Å²) in [4.78, 5) is 2.24. The van der Waals surface area contributed by atoms with E-state index in [4.69, 9.17) is 9.47 Å². The zero-order chi connectivity index (χ0) is 15.8. The third kappa shape index (κ3) is 5.08. The summed E-state index contributed by atoms with van der Waals surface area (Å²) in [5, 5.41) is 0. The third-order valence-corrected chi connectivity index (χ3v) is 3.48. The molecule has 0 aromatic heterocycles. The first-order valence-corrected chi connectivity index (χ1v) is 7.77. The Labute approximate surface area is 133 Å². The average Bonchev–Trinajstić information content (AvgIpc) is 2.51. The summed E-state index contributed by atoms with van der Waals surface area (Å²) >= 11 is 0. The van der Waals surface area contributed by atoms with E-state index in [0.29, 0.717) is 13.2 Å². The van der Waals surface area contributed by atoms with Gasteiger partial charge in [-0.25, -0.2) is 0 Å². The smallest absolute Gasteiger partial charge is 0.123 e. The van der Waals surface area contributed by atoms with Crippen molar-refractivity contribution < 1.29 is 9.47 Å². The molecule has 0 unspecified atom stereocenters. The van der Waals surface area contributed by atoms with Crippen molar-refractivity contribution in [2.45, 2.75) is 20.4 Å². The van der Waals surface area contributed by atoms with Crippen molar-refractivity contribution in [3.05, 3.63) is 59.7 Å². The number of ether oxygens (including phenoxy) is 2. The van der Waals surface area contributed by atoms with Crippen LogP contribution in [0.15, 0.2) is 48.5 Å². The Bertz CT molecular complexity index is 566. The maximum atomic E-state index is 5.77. The number of likely N-dealkylation sites (N-methyl/N-ethyl adjacent to an activating group) is 1.